The predicted octanol–water partition coefficient (Wildman–Crippen LogP) is 1.56. The Labute approximate surface area is 107 Å². The molecule has 96 valence electrons. The maximum atomic E-state index is 11.7. The van der Waals surface area contributed by atoms with E-state index in [1.807, 2.05) is 0 Å². The summed E-state index contributed by atoms with van der Waals surface area (Å²) in [7, 11) is -3.26. The molecule has 1 aromatic carbocycles. The zero-order valence-electron chi connectivity index (χ0n) is 10.2. The van der Waals surface area contributed by atoms with Crippen LogP contribution in [-0.2, 0) is 21.1 Å². The van der Waals surface area contributed by atoms with Crippen molar-refractivity contribution >= 4 is 21.4 Å². The molecule has 2 rings (SSSR count). The summed E-state index contributed by atoms with van der Waals surface area (Å²) in [6.07, 6.45) is 3.89. The van der Waals surface area contributed by atoms with Gasteiger partial charge in [-0.25, -0.2) is 8.42 Å². The van der Waals surface area contributed by atoms with Gasteiger partial charge in [0, 0.05) is 18.5 Å². The number of anilines is 1. The van der Waals surface area contributed by atoms with Crippen LogP contribution in [0.3, 0.4) is 0 Å². The first kappa shape index (κ1) is 12.8. The van der Waals surface area contributed by atoms with Crippen LogP contribution in [0, 0.1) is 0 Å². The summed E-state index contributed by atoms with van der Waals surface area (Å²) in [6, 6.07) is 5.05. The standard InChI is InChI=1S/C13H15NO3S/c1-3-13(15)14-9-5-6-10-11(14)7-4-8-12(10)18(2,16)17/h3-4,7-8H,1,5-6,9H2,2H3. The molecule has 0 saturated carbocycles. The van der Waals surface area contributed by atoms with E-state index in [0.717, 1.165) is 12.0 Å². The molecule has 1 aromatic rings. The number of benzene rings is 1. The van der Waals surface area contributed by atoms with Gasteiger partial charge in [0.15, 0.2) is 9.84 Å². The third kappa shape index (κ3) is 2.18. The van der Waals surface area contributed by atoms with E-state index in [1.54, 1.807) is 23.1 Å². The summed E-state index contributed by atoms with van der Waals surface area (Å²) in [5.41, 5.74) is 1.43. The van der Waals surface area contributed by atoms with Crippen LogP contribution in [0.25, 0.3) is 0 Å². The highest BCUT2D eigenvalue weighted by atomic mass is 32.2. The van der Waals surface area contributed by atoms with Crippen LogP contribution < -0.4 is 4.90 Å². The number of rotatable bonds is 2. The van der Waals surface area contributed by atoms with Gasteiger partial charge in [-0.3, -0.25) is 4.79 Å². The zero-order valence-corrected chi connectivity index (χ0v) is 11.0. The lowest BCUT2D eigenvalue weighted by molar-refractivity contribution is -0.114. The normalized spacial score (nSPS) is 15.1. The third-order valence-electron chi connectivity index (χ3n) is 3.05. The van der Waals surface area contributed by atoms with Gasteiger partial charge in [0.1, 0.15) is 0 Å². The van der Waals surface area contributed by atoms with Crippen molar-refractivity contribution in [3.8, 4) is 0 Å². The lowest BCUT2D eigenvalue weighted by Gasteiger charge is -2.29. The second-order valence-corrected chi connectivity index (χ2v) is 6.31. The van der Waals surface area contributed by atoms with E-state index in [0.29, 0.717) is 23.5 Å². The Morgan fingerprint density at radius 2 is 2.17 bits per heavy atom. The molecule has 0 N–H and O–H groups in total. The number of carbonyl (C=O) groups excluding carboxylic acids is 1. The van der Waals surface area contributed by atoms with Gasteiger partial charge in [0.05, 0.1) is 4.90 Å². The minimum absolute atomic E-state index is 0.193. The van der Waals surface area contributed by atoms with Gasteiger partial charge in [-0.15, -0.1) is 0 Å². The molecular formula is C13H15NO3S. The number of carbonyl (C=O) groups is 1. The molecule has 0 fully saturated rings. The van der Waals surface area contributed by atoms with Gasteiger partial charge in [-0.2, -0.15) is 0 Å². The molecule has 1 aliphatic heterocycles. The highest BCUT2D eigenvalue weighted by Crippen LogP contribution is 2.32. The Kier molecular flexibility index (Phi) is 3.26. The van der Waals surface area contributed by atoms with Gasteiger partial charge >= 0.3 is 0 Å². The molecule has 0 saturated heterocycles. The number of nitrogens with zero attached hydrogens (tertiary/aromatic N) is 1. The van der Waals surface area contributed by atoms with Crippen LogP contribution in [-0.4, -0.2) is 27.1 Å². The molecule has 5 heteroatoms. The topological polar surface area (TPSA) is 54.5 Å². The van der Waals surface area contributed by atoms with Gasteiger partial charge in [0.2, 0.25) is 5.91 Å². The Balaban J connectivity index is 2.61. The number of fused-ring (bicyclic) bond motifs is 1. The maximum absolute atomic E-state index is 11.7. The number of hydrogen-bond donors (Lipinski definition) is 0. The molecule has 18 heavy (non-hydrogen) atoms. The van der Waals surface area contributed by atoms with Gasteiger partial charge in [-0.05, 0) is 36.6 Å². The highest BCUT2D eigenvalue weighted by molar-refractivity contribution is 7.90. The van der Waals surface area contributed by atoms with Crippen molar-refractivity contribution in [2.45, 2.75) is 17.7 Å². The summed E-state index contributed by atoms with van der Waals surface area (Å²) < 4.78 is 23.5. The van der Waals surface area contributed by atoms with E-state index in [4.69, 9.17) is 0 Å². The number of sulfone groups is 1. The summed E-state index contributed by atoms with van der Waals surface area (Å²) in [5, 5.41) is 0. The van der Waals surface area contributed by atoms with Crippen LogP contribution in [0.2, 0.25) is 0 Å². The van der Waals surface area contributed by atoms with Crippen molar-refractivity contribution in [1.82, 2.24) is 0 Å². The average Bonchev–Trinajstić information content (AvgIpc) is 2.35. The first-order chi connectivity index (χ1) is 8.45. The van der Waals surface area contributed by atoms with Crippen LogP contribution in [0.15, 0.2) is 35.7 Å². The van der Waals surface area contributed by atoms with Crippen molar-refractivity contribution in [3.63, 3.8) is 0 Å². The van der Waals surface area contributed by atoms with E-state index in [2.05, 4.69) is 6.58 Å². The van der Waals surface area contributed by atoms with E-state index in [-0.39, 0.29) is 5.91 Å². The van der Waals surface area contributed by atoms with E-state index < -0.39 is 9.84 Å². The average molecular weight is 265 g/mol. The SMILES string of the molecule is C=CC(=O)N1CCCc2c1cccc2S(C)(=O)=O. The minimum Gasteiger partial charge on any atom is -0.309 e. The van der Waals surface area contributed by atoms with E-state index in [9.17, 15) is 13.2 Å². The van der Waals surface area contributed by atoms with Crippen LogP contribution in [0.4, 0.5) is 5.69 Å². The molecule has 0 aromatic heterocycles. The molecule has 4 nitrogen and oxygen atoms in total. The molecule has 1 aliphatic rings. The fraction of sp³-hybridized carbons (Fsp3) is 0.308. The van der Waals surface area contributed by atoms with Crippen LogP contribution in [0.5, 0.6) is 0 Å². The third-order valence-corrected chi connectivity index (χ3v) is 4.23. The second kappa shape index (κ2) is 4.57. The Bertz CT molecular complexity index is 605. The Morgan fingerprint density at radius 3 is 2.78 bits per heavy atom. The lowest BCUT2D eigenvalue weighted by atomic mass is 10.0. The van der Waals surface area contributed by atoms with Gasteiger partial charge < -0.3 is 4.90 Å². The van der Waals surface area contributed by atoms with Crippen LogP contribution in [0.1, 0.15) is 12.0 Å². The molecule has 0 unspecified atom stereocenters. The molecule has 0 aliphatic carbocycles. The smallest absolute Gasteiger partial charge is 0.250 e. The summed E-state index contributed by atoms with van der Waals surface area (Å²) in [4.78, 5) is 13.7. The molecule has 0 bridgehead atoms. The van der Waals surface area contributed by atoms with Crippen molar-refractivity contribution in [3.05, 3.63) is 36.4 Å². The highest BCUT2D eigenvalue weighted by Gasteiger charge is 2.25. The Morgan fingerprint density at radius 1 is 1.44 bits per heavy atom. The number of hydrogen-bond acceptors (Lipinski definition) is 3. The molecule has 1 heterocycles. The van der Waals surface area contributed by atoms with Gasteiger partial charge in [-0.1, -0.05) is 12.6 Å². The largest absolute Gasteiger partial charge is 0.309 e. The maximum Gasteiger partial charge on any atom is 0.250 e. The molecule has 0 atom stereocenters. The molecule has 0 spiro atoms. The summed E-state index contributed by atoms with van der Waals surface area (Å²) in [6.45, 7) is 4.07. The number of amides is 1. The summed E-state index contributed by atoms with van der Waals surface area (Å²) in [5.74, 6) is -0.193. The van der Waals surface area contributed by atoms with Crippen molar-refractivity contribution < 1.29 is 13.2 Å². The van der Waals surface area contributed by atoms with E-state index >= 15 is 0 Å². The molecule has 1 amide bonds. The van der Waals surface area contributed by atoms with Crippen molar-refractivity contribution in [2.75, 3.05) is 17.7 Å². The predicted molar refractivity (Wildman–Crippen MR) is 70.4 cm³/mol. The summed E-state index contributed by atoms with van der Waals surface area (Å²) >= 11 is 0. The zero-order chi connectivity index (χ0) is 13.3. The second-order valence-electron chi connectivity index (χ2n) is 4.32. The minimum atomic E-state index is -3.26. The first-order valence-electron chi connectivity index (χ1n) is 5.71. The first-order valence-corrected chi connectivity index (χ1v) is 7.60. The van der Waals surface area contributed by atoms with Crippen LogP contribution >= 0.6 is 0 Å². The van der Waals surface area contributed by atoms with Crippen molar-refractivity contribution in [2.24, 2.45) is 0 Å². The fourth-order valence-electron chi connectivity index (χ4n) is 2.28. The lowest BCUT2D eigenvalue weighted by Crippen LogP contribution is -2.34. The monoisotopic (exact) mass is 265 g/mol. The van der Waals surface area contributed by atoms with E-state index in [1.165, 1.54) is 12.3 Å². The van der Waals surface area contributed by atoms with Crippen molar-refractivity contribution in [1.29, 1.82) is 0 Å². The fourth-order valence-corrected chi connectivity index (χ4v) is 3.26. The Hall–Kier alpha value is -1.62. The molecule has 0 radical (unpaired) electrons. The quantitative estimate of drug-likeness (QED) is 0.762. The van der Waals surface area contributed by atoms with Gasteiger partial charge in [0.25, 0.3) is 0 Å². The molecular weight excluding hydrogens is 250 g/mol.